The van der Waals surface area contributed by atoms with E-state index in [-0.39, 0.29) is 19.1 Å². The minimum atomic E-state index is -0.00940. The van der Waals surface area contributed by atoms with Crippen molar-refractivity contribution in [1.29, 1.82) is 0 Å². The molecule has 2 N–H and O–H groups in total. The molecule has 0 heterocycles. The zero-order valence-corrected chi connectivity index (χ0v) is 12.1. The van der Waals surface area contributed by atoms with Crippen molar-refractivity contribution in [2.24, 2.45) is 5.92 Å². The van der Waals surface area contributed by atoms with Gasteiger partial charge in [-0.15, -0.1) is 0 Å². The predicted molar refractivity (Wildman–Crippen MR) is 69.5 cm³/mol. The van der Waals surface area contributed by atoms with Gasteiger partial charge >= 0.3 is 0 Å². The Morgan fingerprint density at radius 3 is 2.25 bits per heavy atom. The smallest absolute Gasteiger partial charge is 0.147 e. The molecule has 1 unspecified atom stereocenters. The summed E-state index contributed by atoms with van der Waals surface area (Å²) in [6.07, 6.45) is 0. The molecule has 3 nitrogen and oxygen atoms in total. The third kappa shape index (κ3) is 3.73. The van der Waals surface area contributed by atoms with Crippen LogP contribution in [0, 0.1) is 5.92 Å². The molecule has 0 aliphatic carbocycles. The summed E-state index contributed by atoms with van der Waals surface area (Å²) < 4.78 is 7.16. The van der Waals surface area contributed by atoms with Gasteiger partial charge in [-0.1, -0.05) is 6.92 Å². The monoisotopic (exact) mass is 352 g/mol. The fourth-order valence-corrected chi connectivity index (χ4v) is 2.63. The largest absolute Gasteiger partial charge is 0.491 e. The van der Waals surface area contributed by atoms with Gasteiger partial charge in [0.15, 0.2) is 0 Å². The van der Waals surface area contributed by atoms with E-state index in [1.54, 1.807) is 0 Å². The summed E-state index contributed by atoms with van der Waals surface area (Å²) in [4.78, 5) is 0. The van der Waals surface area contributed by atoms with Gasteiger partial charge in [-0.25, -0.2) is 0 Å². The van der Waals surface area contributed by atoms with Crippen LogP contribution in [0.1, 0.15) is 12.5 Å². The SMILES string of the molecule is CC(CO)COc1c(Br)cc(CO)cc1Br. The first-order valence-electron chi connectivity index (χ1n) is 4.91. The van der Waals surface area contributed by atoms with Crippen LogP contribution in [-0.2, 0) is 6.61 Å². The summed E-state index contributed by atoms with van der Waals surface area (Å²) in [6.45, 7) is 2.45. The topological polar surface area (TPSA) is 49.7 Å². The number of halogens is 2. The van der Waals surface area contributed by atoms with E-state index < -0.39 is 0 Å². The lowest BCUT2D eigenvalue weighted by Gasteiger charge is -2.14. The second kappa shape index (κ2) is 6.59. The van der Waals surface area contributed by atoms with E-state index in [0.717, 1.165) is 14.5 Å². The van der Waals surface area contributed by atoms with E-state index >= 15 is 0 Å². The van der Waals surface area contributed by atoms with Crippen molar-refractivity contribution in [3.05, 3.63) is 26.6 Å². The second-order valence-corrected chi connectivity index (χ2v) is 5.35. The number of rotatable bonds is 5. The number of aliphatic hydroxyl groups is 2. The van der Waals surface area contributed by atoms with Crippen molar-refractivity contribution in [2.45, 2.75) is 13.5 Å². The lowest BCUT2D eigenvalue weighted by Crippen LogP contribution is -2.12. The average molecular weight is 354 g/mol. The Morgan fingerprint density at radius 2 is 1.81 bits per heavy atom. The van der Waals surface area contributed by atoms with Crippen molar-refractivity contribution in [2.75, 3.05) is 13.2 Å². The summed E-state index contributed by atoms with van der Waals surface area (Å²) in [5.41, 5.74) is 0.807. The Bertz CT molecular complexity index is 332. The number of aliphatic hydroxyl groups excluding tert-OH is 2. The highest BCUT2D eigenvalue weighted by Crippen LogP contribution is 2.35. The fourth-order valence-electron chi connectivity index (χ4n) is 1.12. The van der Waals surface area contributed by atoms with E-state index in [9.17, 15) is 0 Å². The average Bonchev–Trinajstić information content (AvgIpc) is 2.27. The van der Waals surface area contributed by atoms with Crippen molar-refractivity contribution in [1.82, 2.24) is 0 Å². The summed E-state index contributed by atoms with van der Waals surface area (Å²) in [5, 5.41) is 17.9. The molecular formula is C11H14Br2O3. The third-order valence-corrected chi connectivity index (χ3v) is 3.24. The van der Waals surface area contributed by atoms with Gasteiger partial charge in [0.2, 0.25) is 0 Å². The van der Waals surface area contributed by atoms with E-state index in [1.807, 2.05) is 19.1 Å². The van der Waals surface area contributed by atoms with Crippen molar-refractivity contribution in [3.63, 3.8) is 0 Å². The molecule has 1 atom stereocenters. The van der Waals surface area contributed by atoms with Gasteiger partial charge in [0.1, 0.15) is 5.75 Å². The highest BCUT2D eigenvalue weighted by atomic mass is 79.9. The molecule has 0 aliphatic rings. The van der Waals surface area contributed by atoms with Crippen LogP contribution in [0.25, 0.3) is 0 Å². The molecule has 5 heteroatoms. The summed E-state index contributed by atoms with van der Waals surface area (Å²) >= 11 is 6.76. The Kier molecular flexibility index (Phi) is 5.75. The highest BCUT2D eigenvalue weighted by molar-refractivity contribution is 9.11. The molecule has 0 saturated heterocycles. The molecule has 1 rings (SSSR count). The molecule has 0 aliphatic heterocycles. The molecule has 0 fully saturated rings. The van der Waals surface area contributed by atoms with Crippen molar-refractivity contribution >= 4 is 31.9 Å². The minimum absolute atomic E-state index is 0.00940. The Morgan fingerprint density at radius 1 is 1.25 bits per heavy atom. The number of ether oxygens (including phenoxy) is 1. The van der Waals surface area contributed by atoms with E-state index in [0.29, 0.717) is 12.4 Å². The molecule has 0 saturated carbocycles. The van der Waals surface area contributed by atoms with Crippen LogP contribution >= 0.6 is 31.9 Å². The molecule has 0 bridgehead atoms. The number of hydrogen-bond acceptors (Lipinski definition) is 3. The van der Waals surface area contributed by atoms with Gasteiger partial charge in [-0.3, -0.25) is 0 Å². The summed E-state index contributed by atoms with van der Waals surface area (Å²) in [6, 6.07) is 3.62. The lowest BCUT2D eigenvalue weighted by molar-refractivity contribution is 0.173. The molecule has 0 aromatic heterocycles. The summed E-state index contributed by atoms with van der Waals surface area (Å²) in [7, 11) is 0. The zero-order valence-electron chi connectivity index (χ0n) is 8.91. The normalized spacial score (nSPS) is 12.6. The Hall–Kier alpha value is -0.100. The van der Waals surface area contributed by atoms with E-state index in [2.05, 4.69) is 31.9 Å². The van der Waals surface area contributed by atoms with Crippen LogP contribution in [0.4, 0.5) is 0 Å². The van der Waals surface area contributed by atoms with Crippen molar-refractivity contribution < 1.29 is 14.9 Å². The molecule has 0 spiro atoms. The van der Waals surface area contributed by atoms with E-state index in [4.69, 9.17) is 14.9 Å². The fraction of sp³-hybridized carbons (Fsp3) is 0.455. The van der Waals surface area contributed by atoms with Gasteiger partial charge < -0.3 is 14.9 Å². The number of hydrogen-bond donors (Lipinski definition) is 2. The first-order valence-corrected chi connectivity index (χ1v) is 6.49. The highest BCUT2D eigenvalue weighted by Gasteiger charge is 2.10. The minimum Gasteiger partial charge on any atom is -0.491 e. The van der Waals surface area contributed by atoms with Crippen LogP contribution in [0.15, 0.2) is 21.1 Å². The van der Waals surface area contributed by atoms with Gasteiger partial charge in [0.25, 0.3) is 0 Å². The molecule has 0 amide bonds. The maximum atomic E-state index is 9.02. The molecule has 16 heavy (non-hydrogen) atoms. The molecule has 0 radical (unpaired) electrons. The summed E-state index contributed by atoms with van der Waals surface area (Å²) in [5.74, 6) is 0.786. The van der Waals surface area contributed by atoms with Crippen LogP contribution in [0.5, 0.6) is 5.75 Å². The molecule has 1 aromatic carbocycles. The Balaban J connectivity index is 2.80. The van der Waals surface area contributed by atoms with Crippen LogP contribution in [-0.4, -0.2) is 23.4 Å². The van der Waals surface area contributed by atoms with Crippen LogP contribution in [0.2, 0.25) is 0 Å². The molecule has 90 valence electrons. The third-order valence-electron chi connectivity index (χ3n) is 2.06. The lowest BCUT2D eigenvalue weighted by atomic mass is 10.2. The Labute approximate surface area is 112 Å². The zero-order chi connectivity index (χ0) is 12.1. The van der Waals surface area contributed by atoms with Gasteiger partial charge in [0.05, 0.1) is 22.2 Å². The van der Waals surface area contributed by atoms with Crippen molar-refractivity contribution in [3.8, 4) is 5.75 Å². The maximum absolute atomic E-state index is 9.02. The standard InChI is InChI=1S/C11H14Br2O3/c1-7(4-14)6-16-11-9(12)2-8(5-15)3-10(11)13/h2-3,7,14-15H,4-6H2,1H3. The van der Waals surface area contributed by atoms with Gasteiger partial charge in [-0.05, 0) is 49.6 Å². The first kappa shape index (κ1) is 14.0. The predicted octanol–water partition coefficient (Wildman–Crippen LogP) is 2.71. The van der Waals surface area contributed by atoms with Crippen LogP contribution in [0.3, 0.4) is 0 Å². The maximum Gasteiger partial charge on any atom is 0.147 e. The molecular weight excluding hydrogens is 340 g/mol. The molecule has 1 aromatic rings. The van der Waals surface area contributed by atoms with E-state index in [1.165, 1.54) is 0 Å². The van der Waals surface area contributed by atoms with Gasteiger partial charge in [-0.2, -0.15) is 0 Å². The van der Waals surface area contributed by atoms with Crippen LogP contribution < -0.4 is 4.74 Å². The first-order chi connectivity index (χ1) is 7.58. The number of benzene rings is 1. The second-order valence-electron chi connectivity index (χ2n) is 3.65. The van der Waals surface area contributed by atoms with Gasteiger partial charge in [0, 0.05) is 12.5 Å². The quantitative estimate of drug-likeness (QED) is 0.855.